The summed E-state index contributed by atoms with van der Waals surface area (Å²) in [5.74, 6) is 0.0241. The van der Waals surface area contributed by atoms with Crippen molar-refractivity contribution < 1.29 is 14.5 Å². The molecule has 0 bridgehead atoms. The fraction of sp³-hybridized carbons (Fsp3) is 0. The van der Waals surface area contributed by atoms with Gasteiger partial charge in [-0.25, -0.2) is 0 Å². The van der Waals surface area contributed by atoms with Gasteiger partial charge in [0.05, 0.1) is 4.92 Å². The van der Waals surface area contributed by atoms with Crippen molar-refractivity contribution in [2.45, 2.75) is 0 Å². The van der Waals surface area contributed by atoms with Crippen LogP contribution in [-0.2, 0) is 0 Å². The first kappa shape index (κ1) is 13.9. The normalized spacial score (nSPS) is 10.2. The van der Waals surface area contributed by atoms with E-state index in [1.54, 1.807) is 6.07 Å². The number of carbonyl (C=O) groups is 1. The minimum Gasteiger partial charge on any atom is -0.423 e. The van der Waals surface area contributed by atoms with Gasteiger partial charge in [0.15, 0.2) is 11.4 Å². The van der Waals surface area contributed by atoms with Crippen LogP contribution in [0.15, 0.2) is 22.7 Å². The highest BCUT2D eigenvalue weighted by Crippen LogP contribution is 2.36. The van der Waals surface area contributed by atoms with Crippen LogP contribution in [0.2, 0.25) is 5.15 Å². The lowest BCUT2D eigenvalue weighted by molar-refractivity contribution is -0.385. The van der Waals surface area contributed by atoms with Crippen LogP contribution in [0.3, 0.4) is 0 Å². The molecule has 98 valence electrons. The second-order valence-corrected chi connectivity index (χ2v) is 5.49. The molecule has 19 heavy (non-hydrogen) atoms. The molecule has 1 aromatic carbocycles. The van der Waals surface area contributed by atoms with Gasteiger partial charge in [0.1, 0.15) is 4.88 Å². The Balaban J connectivity index is 2.37. The van der Waals surface area contributed by atoms with Crippen LogP contribution in [0.1, 0.15) is 9.67 Å². The molecule has 9 heteroatoms. The summed E-state index contributed by atoms with van der Waals surface area (Å²) < 4.78 is 5.84. The van der Waals surface area contributed by atoms with Crippen molar-refractivity contribution in [3.63, 3.8) is 0 Å². The lowest BCUT2D eigenvalue weighted by atomic mass is 10.3. The third-order valence-electron chi connectivity index (χ3n) is 2.01. The van der Waals surface area contributed by atoms with Gasteiger partial charge in [0.25, 0.3) is 5.19 Å². The molecule has 0 unspecified atom stereocenters. The molecular formula is C10H4BrClN2O4S. The average molecular weight is 364 g/mol. The summed E-state index contributed by atoms with van der Waals surface area (Å²) in [5, 5.41) is 11.0. The molecule has 0 amide bonds. The Hall–Kier alpha value is -1.51. The number of nitrogens with zero attached hydrogens (tertiary/aromatic N) is 2. The van der Waals surface area contributed by atoms with E-state index in [4.69, 9.17) is 16.3 Å². The van der Waals surface area contributed by atoms with E-state index in [0.717, 1.165) is 11.3 Å². The largest absolute Gasteiger partial charge is 0.423 e. The summed E-state index contributed by atoms with van der Waals surface area (Å²) in [6.07, 6.45) is 0.544. The smallest absolute Gasteiger partial charge is 0.312 e. The predicted octanol–water partition coefficient (Wildman–Crippen LogP) is 4.07. The zero-order chi connectivity index (χ0) is 14.0. The molecule has 0 fully saturated rings. The van der Waals surface area contributed by atoms with Crippen LogP contribution in [0, 0.1) is 10.1 Å². The molecule has 0 saturated carbocycles. The third kappa shape index (κ3) is 3.09. The highest BCUT2D eigenvalue weighted by atomic mass is 79.9. The zero-order valence-electron chi connectivity index (χ0n) is 9.00. The minimum absolute atomic E-state index is 0.00904. The van der Waals surface area contributed by atoms with Gasteiger partial charge < -0.3 is 4.74 Å². The Morgan fingerprint density at radius 1 is 1.53 bits per heavy atom. The predicted molar refractivity (Wildman–Crippen MR) is 73.4 cm³/mol. The number of halogens is 2. The molecule has 0 aliphatic carbocycles. The summed E-state index contributed by atoms with van der Waals surface area (Å²) in [6, 6.07) is 4.33. The van der Waals surface area contributed by atoms with Crippen LogP contribution in [-0.4, -0.2) is 16.2 Å². The van der Waals surface area contributed by atoms with Gasteiger partial charge in [0, 0.05) is 10.5 Å². The number of nitro groups is 1. The number of carbonyl (C=O) groups excluding carboxylic acids is 1. The van der Waals surface area contributed by atoms with E-state index < -0.39 is 4.92 Å². The molecule has 2 aromatic rings. The number of rotatable bonds is 4. The maximum Gasteiger partial charge on any atom is 0.312 e. The number of hydrogen-bond acceptors (Lipinski definition) is 6. The van der Waals surface area contributed by atoms with Crippen LogP contribution >= 0.6 is 38.9 Å². The summed E-state index contributed by atoms with van der Waals surface area (Å²) in [4.78, 5) is 25.0. The molecule has 0 atom stereocenters. The molecule has 0 aliphatic rings. The zero-order valence-corrected chi connectivity index (χ0v) is 12.2. The first-order chi connectivity index (χ1) is 9.01. The van der Waals surface area contributed by atoms with Gasteiger partial charge in [0.2, 0.25) is 5.75 Å². The monoisotopic (exact) mass is 362 g/mol. The second-order valence-electron chi connectivity index (χ2n) is 3.22. The topological polar surface area (TPSA) is 82.3 Å². The molecule has 0 saturated heterocycles. The van der Waals surface area contributed by atoms with Crippen LogP contribution < -0.4 is 4.74 Å². The molecule has 0 radical (unpaired) electrons. The van der Waals surface area contributed by atoms with Crippen molar-refractivity contribution in [3.8, 4) is 10.9 Å². The number of aldehydes is 1. The minimum atomic E-state index is -0.573. The fourth-order valence-corrected chi connectivity index (χ4v) is 2.49. The second kappa shape index (κ2) is 5.64. The number of benzene rings is 1. The van der Waals surface area contributed by atoms with E-state index in [0.29, 0.717) is 10.8 Å². The standard InChI is InChI=1S/C10H4BrClN2O4S/c11-5-1-2-7(6(3-5)14(16)17)18-10-13-9(12)8(4-15)19-10/h1-4H. The van der Waals surface area contributed by atoms with Crippen molar-refractivity contribution in [1.29, 1.82) is 0 Å². The van der Waals surface area contributed by atoms with Crippen LogP contribution in [0.25, 0.3) is 0 Å². The van der Waals surface area contributed by atoms with Gasteiger partial charge in [-0.05, 0) is 12.1 Å². The highest BCUT2D eigenvalue weighted by Gasteiger charge is 2.18. The Morgan fingerprint density at radius 2 is 2.26 bits per heavy atom. The molecular weight excluding hydrogens is 360 g/mol. The number of ether oxygens (including phenoxy) is 1. The molecule has 0 spiro atoms. The van der Waals surface area contributed by atoms with E-state index in [1.807, 2.05) is 0 Å². The quantitative estimate of drug-likeness (QED) is 0.464. The van der Waals surface area contributed by atoms with E-state index in [1.165, 1.54) is 12.1 Å². The SMILES string of the molecule is O=Cc1sc(Oc2ccc(Br)cc2[N+](=O)[O-])nc1Cl. The van der Waals surface area contributed by atoms with Gasteiger partial charge in [-0.2, -0.15) is 4.98 Å². The third-order valence-corrected chi connectivity index (χ3v) is 3.76. The number of hydrogen-bond donors (Lipinski definition) is 0. The molecule has 0 N–H and O–H groups in total. The maximum absolute atomic E-state index is 10.9. The van der Waals surface area contributed by atoms with Crippen molar-refractivity contribution >= 4 is 50.8 Å². The summed E-state index contributed by atoms with van der Waals surface area (Å²) >= 11 is 9.73. The van der Waals surface area contributed by atoms with Crippen LogP contribution in [0.4, 0.5) is 5.69 Å². The van der Waals surface area contributed by atoms with Gasteiger partial charge in [-0.15, -0.1) is 0 Å². The lowest BCUT2D eigenvalue weighted by Gasteiger charge is -2.02. The molecule has 1 heterocycles. The van der Waals surface area contributed by atoms with E-state index in [-0.39, 0.29) is 26.7 Å². The highest BCUT2D eigenvalue weighted by molar-refractivity contribution is 9.10. The molecule has 2 rings (SSSR count). The summed E-state index contributed by atoms with van der Waals surface area (Å²) in [5.41, 5.74) is -0.214. The summed E-state index contributed by atoms with van der Waals surface area (Å²) in [6.45, 7) is 0. The van der Waals surface area contributed by atoms with Crippen molar-refractivity contribution in [2.24, 2.45) is 0 Å². The number of nitro benzene ring substituents is 1. The first-order valence-corrected chi connectivity index (χ1v) is 6.73. The average Bonchev–Trinajstić information content (AvgIpc) is 2.71. The van der Waals surface area contributed by atoms with E-state index in [9.17, 15) is 14.9 Å². The van der Waals surface area contributed by atoms with Crippen LogP contribution in [0.5, 0.6) is 10.9 Å². The maximum atomic E-state index is 10.9. The number of thiazole rings is 1. The van der Waals surface area contributed by atoms with Gasteiger partial charge in [-0.3, -0.25) is 14.9 Å². The Morgan fingerprint density at radius 3 is 2.84 bits per heavy atom. The van der Waals surface area contributed by atoms with E-state index >= 15 is 0 Å². The van der Waals surface area contributed by atoms with Gasteiger partial charge in [-0.1, -0.05) is 38.9 Å². The Kier molecular flexibility index (Phi) is 4.13. The summed E-state index contributed by atoms with van der Waals surface area (Å²) in [7, 11) is 0. The Bertz CT molecular complexity index is 661. The molecule has 6 nitrogen and oxygen atoms in total. The van der Waals surface area contributed by atoms with Crippen molar-refractivity contribution in [3.05, 3.63) is 42.8 Å². The number of aromatic nitrogens is 1. The van der Waals surface area contributed by atoms with Gasteiger partial charge >= 0.3 is 5.69 Å². The molecule has 1 aromatic heterocycles. The van der Waals surface area contributed by atoms with Crippen molar-refractivity contribution in [2.75, 3.05) is 0 Å². The lowest BCUT2D eigenvalue weighted by Crippen LogP contribution is -1.93. The molecule has 0 aliphatic heterocycles. The van der Waals surface area contributed by atoms with Crippen molar-refractivity contribution in [1.82, 2.24) is 4.98 Å². The Labute approximate surface area is 124 Å². The fourth-order valence-electron chi connectivity index (χ4n) is 1.22. The van der Waals surface area contributed by atoms with E-state index in [2.05, 4.69) is 20.9 Å². The first-order valence-electron chi connectivity index (χ1n) is 4.74.